The fourth-order valence-electron chi connectivity index (χ4n) is 4.64. The zero-order valence-corrected chi connectivity index (χ0v) is 23.1. The van der Waals surface area contributed by atoms with Gasteiger partial charge in [0.05, 0.1) is 17.4 Å². The molecule has 11 nitrogen and oxygen atoms in total. The van der Waals surface area contributed by atoms with Crippen molar-refractivity contribution in [3.8, 4) is 11.3 Å². The van der Waals surface area contributed by atoms with E-state index in [1.807, 2.05) is 32.9 Å². The van der Waals surface area contributed by atoms with Crippen LogP contribution in [0, 0.1) is 0 Å². The lowest BCUT2D eigenvalue weighted by molar-refractivity contribution is 0.0240. The molecule has 0 unspecified atom stereocenters. The highest BCUT2D eigenvalue weighted by Gasteiger charge is 2.27. The fourth-order valence-corrected chi connectivity index (χ4v) is 4.64. The molecule has 0 bridgehead atoms. The maximum absolute atomic E-state index is 12.4. The zero-order valence-electron chi connectivity index (χ0n) is 23.1. The maximum atomic E-state index is 12.4. The summed E-state index contributed by atoms with van der Waals surface area (Å²) in [7, 11) is 0. The summed E-state index contributed by atoms with van der Waals surface area (Å²) in [6.07, 6.45) is 6.81. The third-order valence-corrected chi connectivity index (χ3v) is 6.82. The van der Waals surface area contributed by atoms with E-state index < -0.39 is 5.60 Å². The van der Waals surface area contributed by atoms with E-state index in [4.69, 9.17) is 9.72 Å². The van der Waals surface area contributed by atoms with E-state index >= 15 is 0 Å². The topological polar surface area (TPSA) is 129 Å². The summed E-state index contributed by atoms with van der Waals surface area (Å²) in [5.74, 6) is 2.09. The van der Waals surface area contributed by atoms with Crippen molar-refractivity contribution in [3.05, 3.63) is 18.3 Å². The number of rotatable bonds is 8. The average molecular weight is 527 g/mol. The van der Waals surface area contributed by atoms with Crippen molar-refractivity contribution in [2.45, 2.75) is 84.0 Å². The van der Waals surface area contributed by atoms with Gasteiger partial charge in [-0.3, -0.25) is 0 Å². The molecule has 0 aromatic carbocycles. The Morgan fingerprint density at radius 1 is 1.11 bits per heavy atom. The SMILES string of the molecule is CCCCNc1ncc(-c2ccc(N3CCN(C(=O)OC(C)(C)C)CC3)nn2)c(N[C@H]2CC[C@H](O)CC2)n1. The number of anilines is 3. The summed E-state index contributed by atoms with van der Waals surface area (Å²) in [5.41, 5.74) is 0.986. The van der Waals surface area contributed by atoms with Crippen LogP contribution in [0.2, 0.25) is 0 Å². The number of unbranched alkanes of at least 4 members (excludes halogenated alkanes) is 1. The molecule has 38 heavy (non-hydrogen) atoms. The zero-order chi connectivity index (χ0) is 27.1. The lowest BCUT2D eigenvalue weighted by Crippen LogP contribution is -2.50. The maximum Gasteiger partial charge on any atom is 0.410 e. The number of piperazine rings is 1. The Hall–Kier alpha value is -3.21. The monoisotopic (exact) mass is 526 g/mol. The summed E-state index contributed by atoms with van der Waals surface area (Å²) in [6.45, 7) is 11.1. The highest BCUT2D eigenvalue weighted by atomic mass is 16.6. The van der Waals surface area contributed by atoms with E-state index in [-0.39, 0.29) is 18.2 Å². The van der Waals surface area contributed by atoms with Gasteiger partial charge in [-0.15, -0.1) is 10.2 Å². The number of amides is 1. The fraction of sp³-hybridized carbons (Fsp3) is 0.667. The minimum absolute atomic E-state index is 0.214. The van der Waals surface area contributed by atoms with Crippen molar-refractivity contribution in [2.24, 2.45) is 0 Å². The number of hydrogen-bond donors (Lipinski definition) is 3. The number of nitrogens with zero attached hydrogens (tertiary/aromatic N) is 6. The Morgan fingerprint density at radius 3 is 2.47 bits per heavy atom. The van der Waals surface area contributed by atoms with Crippen LogP contribution in [-0.4, -0.2) is 86.7 Å². The van der Waals surface area contributed by atoms with Gasteiger partial charge in [-0.1, -0.05) is 13.3 Å². The molecule has 1 saturated heterocycles. The number of carbonyl (C=O) groups is 1. The Labute approximate surface area is 225 Å². The predicted octanol–water partition coefficient (Wildman–Crippen LogP) is 3.92. The van der Waals surface area contributed by atoms with Crippen LogP contribution in [0.4, 0.5) is 22.4 Å². The molecule has 2 aliphatic rings. The number of aliphatic hydroxyl groups is 1. The van der Waals surface area contributed by atoms with Gasteiger partial charge in [-0.05, 0) is 65.0 Å². The van der Waals surface area contributed by atoms with E-state index in [9.17, 15) is 9.90 Å². The first-order valence-corrected chi connectivity index (χ1v) is 13.8. The van der Waals surface area contributed by atoms with Crippen LogP contribution in [-0.2, 0) is 4.74 Å². The largest absolute Gasteiger partial charge is 0.444 e. The Bertz CT molecular complexity index is 1040. The van der Waals surface area contributed by atoms with Crippen LogP contribution < -0.4 is 15.5 Å². The molecule has 208 valence electrons. The van der Waals surface area contributed by atoms with Gasteiger partial charge in [-0.25, -0.2) is 9.78 Å². The molecule has 1 aliphatic carbocycles. The number of carbonyl (C=O) groups excluding carboxylic acids is 1. The smallest absolute Gasteiger partial charge is 0.410 e. The Kier molecular flexibility index (Phi) is 9.19. The van der Waals surface area contributed by atoms with Crippen molar-refractivity contribution < 1.29 is 14.6 Å². The lowest BCUT2D eigenvalue weighted by atomic mass is 9.93. The molecule has 3 heterocycles. The lowest BCUT2D eigenvalue weighted by Gasteiger charge is -2.35. The van der Waals surface area contributed by atoms with Gasteiger partial charge in [-0.2, -0.15) is 4.98 Å². The van der Waals surface area contributed by atoms with Crippen molar-refractivity contribution in [1.29, 1.82) is 0 Å². The average Bonchev–Trinajstić information content (AvgIpc) is 2.90. The molecular formula is C27H42N8O3. The Morgan fingerprint density at radius 2 is 1.84 bits per heavy atom. The molecule has 1 amide bonds. The second-order valence-electron chi connectivity index (χ2n) is 11.1. The van der Waals surface area contributed by atoms with Gasteiger partial charge in [0.2, 0.25) is 5.95 Å². The van der Waals surface area contributed by atoms with Gasteiger partial charge in [0.1, 0.15) is 11.4 Å². The molecule has 0 atom stereocenters. The van der Waals surface area contributed by atoms with Crippen LogP contribution in [0.3, 0.4) is 0 Å². The van der Waals surface area contributed by atoms with Crippen LogP contribution in [0.15, 0.2) is 18.3 Å². The summed E-state index contributed by atoms with van der Waals surface area (Å²) in [6, 6.07) is 4.14. The summed E-state index contributed by atoms with van der Waals surface area (Å²) >= 11 is 0. The molecule has 0 spiro atoms. The summed E-state index contributed by atoms with van der Waals surface area (Å²) < 4.78 is 5.50. The quantitative estimate of drug-likeness (QED) is 0.435. The second-order valence-corrected chi connectivity index (χ2v) is 11.1. The van der Waals surface area contributed by atoms with Gasteiger partial charge in [0.25, 0.3) is 0 Å². The second kappa shape index (κ2) is 12.6. The first-order chi connectivity index (χ1) is 18.2. The number of aromatic nitrogens is 4. The van der Waals surface area contributed by atoms with E-state index in [2.05, 4.69) is 37.6 Å². The molecule has 1 aliphatic heterocycles. The van der Waals surface area contributed by atoms with Gasteiger partial charge >= 0.3 is 6.09 Å². The van der Waals surface area contributed by atoms with Gasteiger partial charge < -0.3 is 30.3 Å². The first kappa shape index (κ1) is 27.8. The van der Waals surface area contributed by atoms with Crippen molar-refractivity contribution in [2.75, 3.05) is 48.3 Å². The van der Waals surface area contributed by atoms with E-state index in [1.165, 1.54) is 0 Å². The van der Waals surface area contributed by atoms with Crippen LogP contribution >= 0.6 is 0 Å². The standard InChI is InChI=1S/C27H42N8O3/c1-5-6-13-28-25-29-18-21(24(31-25)30-19-7-9-20(36)10-8-19)22-11-12-23(33-32-22)34-14-16-35(17-15-34)26(37)38-27(2,3)4/h11-12,18-20,36H,5-10,13-17H2,1-4H3,(H2,28,29,30,31)/t19-,20-. The van der Waals surface area contributed by atoms with E-state index in [0.717, 1.165) is 62.3 Å². The molecule has 2 aromatic rings. The molecule has 4 rings (SSSR count). The van der Waals surface area contributed by atoms with Crippen LogP contribution in [0.1, 0.15) is 66.2 Å². The third kappa shape index (κ3) is 7.66. The molecule has 11 heteroatoms. The molecule has 1 saturated carbocycles. The van der Waals surface area contributed by atoms with E-state index in [0.29, 0.717) is 37.8 Å². The molecule has 2 fully saturated rings. The molecule has 2 aromatic heterocycles. The minimum Gasteiger partial charge on any atom is -0.444 e. The first-order valence-electron chi connectivity index (χ1n) is 13.8. The van der Waals surface area contributed by atoms with Gasteiger partial charge in [0, 0.05) is 45.0 Å². The minimum atomic E-state index is -0.505. The number of aliphatic hydroxyl groups excluding tert-OH is 1. The van der Waals surface area contributed by atoms with Crippen molar-refractivity contribution in [1.82, 2.24) is 25.1 Å². The third-order valence-electron chi connectivity index (χ3n) is 6.82. The molecule has 0 radical (unpaired) electrons. The van der Waals surface area contributed by atoms with Crippen molar-refractivity contribution >= 4 is 23.7 Å². The van der Waals surface area contributed by atoms with Crippen molar-refractivity contribution in [3.63, 3.8) is 0 Å². The number of nitrogens with one attached hydrogen (secondary N) is 2. The molecular weight excluding hydrogens is 484 g/mol. The Balaban J connectivity index is 1.44. The van der Waals surface area contributed by atoms with Crippen LogP contribution in [0.25, 0.3) is 11.3 Å². The van der Waals surface area contributed by atoms with Crippen LogP contribution in [0.5, 0.6) is 0 Å². The predicted molar refractivity (Wildman–Crippen MR) is 148 cm³/mol. The normalized spacial score (nSPS) is 20.2. The highest BCUT2D eigenvalue weighted by molar-refractivity contribution is 5.73. The summed E-state index contributed by atoms with van der Waals surface area (Å²) in [4.78, 5) is 25.5. The van der Waals surface area contributed by atoms with Gasteiger partial charge in [0.15, 0.2) is 5.82 Å². The summed E-state index contributed by atoms with van der Waals surface area (Å²) in [5, 5.41) is 25.8. The number of ether oxygens (including phenoxy) is 1. The highest BCUT2D eigenvalue weighted by Crippen LogP contribution is 2.29. The van der Waals surface area contributed by atoms with E-state index in [1.54, 1.807) is 11.1 Å². The molecule has 3 N–H and O–H groups in total. The number of hydrogen-bond acceptors (Lipinski definition) is 10.